The predicted molar refractivity (Wildman–Crippen MR) is 96.3 cm³/mol. The van der Waals surface area contributed by atoms with Crippen LogP contribution in [0.2, 0.25) is 0 Å². The first-order chi connectivity index (χ1) is 11.6. The van der Waals surface area contributed by atoms with E-state index in [4.69, 9.17) is 20.3 Å². The number of benzene rings is 1. The van der Waals surface area contributed by atoms with Crippen LogP contribution in [-0.2, 0) is 0 Å². The van der Waals surface area contributed by atoms with Gasteiger partial charge < -0.3 is 25.2 Å². The van der Waals surface area contributed by atoms with Crippen molar-refractivity contribution in [1.82, 2.24) is 9.97 Å². The highest BCUT2D eigenvalue weighted by molar-refractivity contribution is 7.45. The molecule has 1 aromatic carbocycles. The molecule has 130 valence electrons. The Hall–Kier alpha value is -1.69. The van der Waals surface area contributed by atoms with Gasteiger partial charge in [0, 0.05) is 24.6 Å². The third-order valence-corrected chi connectivity index (χ3v) is 5.31. The van der Waals surface area contributed by atoms with E-state index >= 15 is 0 Å². The van der Waals surface area contributed by atoms with Crippen LogP contribution in [0.25, 0.3) is 10.9 Å². The van der Waals surface area contributed by atoms with E-state index in [1.807, 2.05) is 12.1 Å². The molecule has 0 saturated carbocycles. The number of piperidine rings is 1. The molecule has 7 nitrogen and oxygen atoms in total. The molecule has 1 fully saturated rings. The average molecular weight is 350 g/mol. The smallest absolute Gasteiger partial charge is 0.164 e. The lowest BCUT2D eigenvalue weighted by molar-refractivity contribution is 0.386. The molecule has 2 aromatic rings. The molecule has 0 radical (unpaired) electrons. The van der Waals surface area contributed by atoms with Gasteiger partial charge in [0.05, 0.1) is 7.11 Å². The number of fused-ring (bicyclic) bond motifs is 1. The first-order valence-corrected chi connectivity index (χ1v) is 9.50. The van der Waals surface area contributed by atoms with Crippen LogP contribution in [0.15, 0.2) is 18.5 Å². The van der Waals surface area contributed by atoms with Gasteiger partial charge in [-0.05, 0) is 37.3 Å². The molecular formula is C16H23N4O3P. The molecule has 0 unspecified atom stereocenters. The van der Waals surface area contributed by atoms with Crippen molar-refractivity contribution in [3.8, 4) is 5.75 Å². The van der Waals surface area contributed by atoms with E-state index in [0.29, 0.717) is 29.0 Å². The van der Waals surface area contributed by atoms with Crippen LogP contribution in [0.3, 0.4) is 0 Å². The summed E-state index contributed by atoms with van der Waals surface area (Å²) >= 11 is 0. The van der Waals surface area contributed by atoms with Crippen LogP contribution in [-0.4, -0.2) is 46.1 Å². The Morgan fingerprint density at radius 2 is 2.04 bits per heavy atom. The van der Waals surface area contributed by atoms with Gasteiger partial charge in [0.15, 0.2) is 8.38 Å². The van der Waals surface area contributed by atoms with Crippen molar-refractivity contribution in [3.05, 3.63) is 18.5 Å². The lowest BCUT2D eigenvalue weighted by Gasteiger charge is -2.33. The second-order valence-corrected chi connectivity index (χ2v) is 7.28. The van der Waals surface area contributed by atoms with Crippen molar-refractivity contribution in [2.45, 2.75) is 19.3 Å². The summed E-state index contributed by atoms with van der Waals surface area (Å²) in [5.41, 5.74) is 7.39. The maximum atomic E-state index is 9.07. The number of hydrogen-bond acceptors (Lipinski definition) is 7. The fraction of sp³-hybridized carbons (Fsp3) is 0.500. The predicted octanol–water partition coefficient (Wildman–Crippen LogP) is 2.12. The number of methoxy groups -OCH3 is 1. The molecule has 0 atom stereocenters. The van der Waals surface area contributed by atoms with Gasteiger partial charge in [-0.15, -0.1) is 0 Å². The van der Waals surface area contributed by atoms with Gasteiger partial charge in [-0.2, -0.15) is 0 Å². The number of anilines is 2. The molecule has 0 aliphatic carbocycles. The minimum atomic E-state index is -1.77. The molecule has 0 amide bonds. The molecule has 2 heterocycles. The molecule has 1 saturated heterocycles. The van der Waals surface area contributed by atoms with Crippen molar-refractivity contribution < 1.29 is 14.5 Å². The van der Waals surface area contributed by atoms with Gasteiger partial charge in [-0.25, -0.2) is 9.97 Å². The van der Waals surface area contributed by atoms with Crippen LogP contribution in [0.5, 0.6) is 5.75 Å². The van der Waals surface area contributed by atoms with E-state index in [0.717, 1.165) is 43.6 Å². The zero-order valence-electron chi connectivity index (χ0n) is 13.7. The summed E-state index contributed by atoms with van der Waals surface area (Å²) in [5.74, 6) is 2.07. The Bertz CT molecular complexity index is 705. The summed E-state index contributed by atoms with van der Waals surface area (Å²) < 4.78 is 5.26. The minimum Gasteiger partial charge on any atom is -0.495 e. The van der Waals surface area contributed by atoms with Crippen molar-refractivity contribution in [2.24, 2.45) is 5.92 Å². The summed E-state index contributed by atoms with van der Waals surface area (Å²) in [6.07, 6.45) is 4.98. The maximum absolute atomic E-state index is 9.07. The van der Waals surface area contributed by atoms with E-state index in [9.17, 15) is 0 Å². The first kappa shape index (κ1) is 17.1. The van der Waals surface area contributed by atoms with Gasteiger partial charge in [-0.3, -0.25) is 0 Å². The summed E-state index contributed by atoms with van der Waals surface area (Å²) in [4.78, 5) is 29.2. The number of aromatic nitrogens is 2. The van der Waals surface area contributed by atoms with Gasteiger partial charge >= 0.3 is 0 Å². The molecule has 3 rings (SSSR count). The van der Waals surface area contributed by atoms with Crippen molar-refractivity contribution >= 4 is 30.8 Å². The highest BCUT2D eigenvalue weighted by atomic mass is 31.2. The number of nitrogens with zero attached hydrogens (tertiary/aromatic N) is 3. The standard InChI is InChI=1S/C16H23N4O3P/c1-23-13-3-2-12-15(14(13)17)18-10-19-16(12)20-7-4-11(5-8-20)6-9-24(21)22/h2-3,10-11,21-22H,4-9,17H2,1H3. The first-order valence-electron chi connectivity index (χ1n) is 8.07. The highest BCUT2D eigenvalue weighted by Gasteiger charge is 2.22. The molecular weight excluding hydrogens is 327 g/mol. The SMILES string of the molecule is COc1ccc2c(N3CCC(CCP(O)O)CC3)ncnc2c1N. The van der Waals surface area contributed by atoms with Crippen LogP contribution >= 0.6 is 8.38 Å². The van der Waals surface area contributed by atoms with Crippen LogP contribution in [0, 0.1) is 5.92 Å². The Balaban J connectivity index is 1.78. The van der Waals surface area contributed by atoms with E-state index in [1.54, 1.807) is 13.4 Å². The Labute approximate surface area is 142 Å². The molecule has 4 N–H and O–H groups in total. The molecule has 0 bridgehead atoms. The lowest BCUT2D eigenvalue weighted by Crippen LogP contribution is -2.34. The van der Waals surface area contributed by atoms with Gasteiger partial charge in [-0.1, -0.05) is 0 Å². The number of nitrogens with two attached hydrogens (primary N) is 1. The van der Waals surface area contributed by atoms with E-state index in [1.165, 1.54) is 0 Å². The van der Waals surface area contributed by atoms with E-state index < -0.39 is 8.38 Å². The fourth-order valence-electron chi connectivity index (χ4n) is 3.28. The van der Waals surface area contributed by atoms with Crippen molar-refractivity contribution in [2.75, 3.05) is 37.0 Å². The zero-order valence-corrected chi connectivity index (χ0v) is 14.6. The number of rotatable bonds is 5. The van der Waals surface area contributed by atoms with Crippen LogP contribution < -0.4 is 15.4 Å². The Morgan fingerprint density at radius 1 is 1.29 bits per heavy atom. The largest absolute Gasteiger partial charge is 0.495 e. The average Bonchev–Trinajstić information content (AvgIpc) is 2.60. The van der Waals surface area contributed by atoms with Crippen molar-refractivity contribution in [3.63, 3.8) is 0 Å². The topological polar surface area (TPSA) is 105 Å². The van der Waals surface area contributed by atoms with Gasteiger partial charge in [0.2, 0.25) is 0 Å². The number of ether oxygens (including phenoxy) is 1. The fourth-order valence-corrected chi connectivity index (χ4v) is 3.88. The Kier molecular flexibility index (Phi) is 5.33. The Morgan fingerprint density at radius 3 is 2.71 bits per heavy atom. The summed E-state index contributed by atoms with van der Waals surface area (Å²) in [6.45, 7) is 1.80. The third kappa shape index (κ3) is 3.53. The second kappa shape index (κ2) is 7.47. The normalized spacial score (nSPS) is 16.1. The van der Waals surface area contributed by atoms with E-state index in [-0.39, 0.29) is 0 Å². The van der Waals surface area contributed by atoms with E-state index in [2.05, 4.69) is 14.9 Å². The lowest BCUT2D eigenvalue weighted by atomic mass is 9.94. The second-order valence-electron chi connectivity index (χ2n) is 6.09. The minimum absolute atomic E-state index is 0.507. The summed E-state index contributed by atoms with van der Waals surface area (Å²) in [7, 11) is -0.180. The summed E-state index contributed by atoms with van der Waals surface area (Å²) in [6, 6.07) is 3.80. The molecule has 1 aliphatic heterocycles. The van der Waals surface area contributed by atoms with Crippen molar-refractivity contribution in [1.29, 1.82) is 0 Å². The summed E-state index contributed by atoms with van der Waals surface area (Å²) in [5, 5.41) is 0.934. The molecule has 24 heavy (non-hydrogen) atoms. The molecule has 8 heteroatoms. The number of nitrogen functional groups attached to an aromatic ring is 1. The molecule has 1 aliphatic rings. The van der Waals surface area contributed by atoms with Gasteiger partial charge in [0.1, 0.15) is 29.1 Å². The molecule has 0 spiro atoms. The number of hydrogen-bond donors (Lipinski definition) is 3. The zero-order chi connectivity index (χ0) is 17.1. The van der Waals surface area contributed by atoms with Crippen LogP contribution in [0.1, 0.15) is 19.3 Å². The van der Waals surface area contributed by atoms with Gasteiger partial charge in [0.25, 0.3) is 0 Å². The quantitative estimate of drug-likeness (QED) is 0.560. The maximum Gasteiger partial charge on any atom is 0.164 e. The van der Waals surface area contributed by atoms with Crippen LogP contribution in [0.4, 0.5) is 11.5 Å². The monoisotopic (exact) mass is 350 g/mol. The highest BCUT2D eigenvalue weighted by Crippen LogP contribution is 2.35. The molecule has 1 aromatic heterocycles. The third-order valence-electron chi connectivity index (χ3n) is 4.66.